The molecule has 1 fully saturated rings. The zero-order chi connectivity index (χ0) is 18.9. The van der Waals surface area contributed by atoms with Crippen LogP contribution < -0.4 is 16.0 Å². The monoisotopic (exact) mass is 369 g/mol. The summed E-state index contributed by atoms with van der Waals surface area (Å²) in [5.74, 6) is 0.544. The molecule has 0 radical (unpaired) electrons. The Balaban J connectivity index is 1.49. The Bertz CT molecular complexity index is 948. The lowest BCUT2D eigenvalue weighted by Gasteiger charge is -2.40. The molecule has 8 nitrogen and oxygen atoms in total. The van der Waals surface area contributed by atoms with Crippen molar-refractivity contribution in [1.82, 2.24) is 19.9 Å². The number of nitrogens with one attached hydrogen (secondary N) is 2. The first-order valence-corrected chi connectivity index (χ1v) is 8.77. The van der Waals surface area contributed by atoms with Gasteiger partial charge in [-0.3, -0.25) is 4.79 Å². The van der Waals surface area contributed by atoms with E-state index in [2.05, 4.69) is 30.2 Å². The van der Waals surface area contributed by atoms with Crippen LogP contribution in [0, 0.1) is 11.2 Å². The standard InChI is InChI=1S/C18H20FN7O/c19-12-1-2-14(22-9-12)25-17(27)18(10-20)4-7-26(8-5-18)16-13-3-6-21-15(13)23-11-24-16/h1-3,6,9,11H,4-5,7-8,10,20H2,(H,21,23,24)(H,22,25,27). The number of hydrogen-bond acceptors (Lipinski definition) is 6. The van der Waals surface area contributed by atoms with Crippen LogP contribution in [-0.4, -0.2) is 45.5 Å². The Labute approximate surface area is 155 Å². The number of amides is 1. The van der Waals surface area contributed by atoms with Gasteiger partial charge in [0.1, 0.15) is 29.4 Å². The summed E-state index contributed by atoms with van der Waals surface area (Å²) in [7, 11) is 0. The van der Waals surface area contributed by atoms with E-state index in [1.165, 1.54) is 18.5 Å². The molecule has 4 rings (SSSR count). The van der Waals surface area contributed by atoms with Crippen molar-refractivity contribution in [3.05, 3.63) is 42.7 Å². The van der Waals surface area contributed by atoms with Crippen LogP contribution in [-0.2, 0) is 4.79 Å². The van der Waals surface area contributed by atoms with E-state index in [9.17, 15) is 9.18 Å². The van der Waals surface area contributed by atoms with Crippen molar-refractivity contribution < 1.29 is 9.18 Å². The minimum Gasteiger partial charge on any atom is -0.356 e. The molecule has 1 amide bonds. The number of aromatic nitrogens is 4. The van der Waals surface area contributed by atoms with Crippen LogP contribution in [0.25, 0.3) is 11.0 Å². The average molecular weight is 369 g/mol. The van der Waals surface area contributed by atoms with Crippen LogP contribution >= 0.6 is 0 Å². The summed E-state index contributed by atoms with van der Waals surface area (Å²) in [6.07, 6.45) is 5.62. The molecular formula is C18H20FN7O. The largest absolute Gasteiger partial charge is 0.356 e. The van der Waals surface area contributed by atoms with Gasteiger partial charge < -0.3 is 20.9 Å². The second-order valence-electron chi connectivity index (χ2n) is 6.72. The number of nitrogens with two attached hydrogens (primary N) is 1. The predicted molar refractivity (Wildman–Crippen MR) is 99.6 cm³/mol. The lowest BCUT2D eigenvalue weighted by atomic mass is 9.77. The summed E-state index contributed by atoms with van der Waals surface area (Å²) < 4.78 is 13.0. The van der Waals surface area contributed by atoms with Crippen molar-refractivity contribution in [1.29, 1.82) is 0 Å². The van der Waals surface area contributed by atoms with E-state index in [4.69, 9.17) is 5.73 Å². The Morgan fingerprint density at radius 2 is 2.07 bits per heavy atom. The predicted octanol–water partition coefficient (Wildman–Crippen LogP) is 1.68. The third-order valence-electron chi connectivity index (χ3n) is 5.19. The van der Waals surface area contributed by atoms with E-state index in [0.29, 0.717) is 31.7 Å². The lowest BCUT2D eigenvalue weighted by Crippen LogP contribution is -2.50. The molecule has 0 bridgehead atoms. The lowest BCUT2D eigenvalue weighted by molar-refractivity contribution is -0.126. The van der Waals surface area contributed by atoms with Gasteiger partial charge in [0.2, 0.25) is 5.91 Å². The fourth-order valence-electron chi connectivity index (χ4n) is 3.48. The van der Waals surface area contributed by atoms with Gasteiger partial charge in [-0.2, -0.15) is 0 Å². The molecule has 1 aliphatic rings. The quantitative estimate of drug-likeness (QED) is 0.645. The smallest absolute Gasteiger partial charge is 0.233 e. The van der Waals surface area contributed by atoms with Gasteiger partial charge in [0.05, 0.1) is 17.0 Å². The molecule has 0 aromatic carbocycles. The highest BCUT2D eigenvalue weighted by Crippen LogP contribution is 2.35. The fourth-order valence-corrected chi connectivity index (χ4v) is 3.48. The van der Waals surface area contributed by atoms with Crippen molar-refractivity contribution >= 4 is 28.6 Å². The number of piperidine rings is 1. The minimum atomic E-state index is -0.684. The van der Waals surface area contributed by atoms with Crippen molar-refractivity contribution in [3.8, 4) is 0 Å². The summed E-state index contributed by atoms with van der Waals surface area (Å²) in [4.78, 5) is 30.6. The highest BCUT2D eigenvalue weighted by Gasteiger charge is 2.41. The Morgan fingerprint density at radius 1 is 1.26 bits per heavy atom. The number of rotatable bonds is 4. The van der Waals surface area contributed by atoms with Crippen molar-refractivity contribution in [2.45, 2.75) is 12.8 Å². The minimum absolute atomic E-state index is 0.182. The summed E-state index contributed by atoms with van der Waals surface area (Å²) in [5.41, 5.74) is 6.09. The van der Waals surface area contributed by atoms with Crippen molar-refractivity contribution in [2.75, 3.05) is 29.9 Å². The number of anilines is 2. The average Bonchev–Trinajstić information content (AvgIpc) is 3.19. The van der Waals surface area contributed by atoms with Crippen LogP contribution in [0.3, 0.4) is 0 Å². The molecule has 4 N–H and O–H groups in total. The number of aromatic amines is 1. The molecule has 0 spiro atoms. The number of H-pyrrole nitrogens is 1. The second-order valence-corrected chi connectivity index (χ2v) is 6.72. The van der Waals surface area contributed by atoms with E-state index in [-0.39, 0.29) is 12.5 Å². The van der Waals surface area contributed by atoms with Gasteiger partial charge in [0.15, 0.2) is 0 Å². The SMILES string of the molecule is NCC1(C(=O)Nc2ccc(F)cn2)CCN(c2ncnc3[nH]ccc23)CC1. The molecule has 1 aliphatic heterocycles. The van der Waals surface area contributed by atoms with Crippen molar-refractivity contribution in [2.24, 2.45) is 11.1 Å². The van der Waals surface area contributed by atoms with Gasteiger partial charge in [-0.25, -0.2) is 19.3 Å². The molecule has 0 atom stereocenters. The molecule has 0 aliphatic carbocycles. The maximum absolute atomic E-state index is 13.0. The Hall–Kier alpha value is -3.07. The maximum atomic E-state index is 13.0. The number of carbonyl (C=O) groups excluding carboxylic acids is 1. The summed E-state index contributed by atoms with van der Waals surface area (Å²) in [6, 6.07) is 4.65. The van der Waals surface area contributed by atoms with Crippen LogP contribution in [0.4, 0.5) is 16.0 Å². The van der Waals surface area contributed by atoms with Gasteiger partial charge in [-0.1, -0.05) is 0 Å². The topological polar surface area (TPSA) is 113 Å². The number of hydrogen-bond donors (Lipinski definition) is 3. The molecule has 4 heterocycles. The molecule has 9 heteroatoms. The molecule has 1 saturated heterocycles. The molecule has 140 valence electrons. The molecular weight excluding hydrogens is 349 g/mol. The van der Waals surface area contributed by atoms with Gasteiger partial charge in [0.25, 0.3) is 0 Å². The van der Waals surface area contributed by atoms with Gasteiger partial charge in [-0.15, -0.1) is 0 Å². The van der Waals surface area contributed by atoms with Crippen LogP contribution in [0.5, 0.6) is 0 Å². The third-order valence-corrected chi connectivity index (χ3v) is 5.19. The summed E-state index contributed by atoms with van der Waals surface area (Å²) in [5, 5.41) is 3.72. The van der Waals surface area contributed by atoms with Gasteiger partial charge >= 0.3 is 0 Å². The first-order valence-electron chi connectivity index (χ1n) is 8.77. The Kier molecular flexibility index (Phi) is 4.44. The summed E-state index contributed by atoms with van der Waals surface area (Å²) >= 11 is 0. The van der Waals surface area contributed by atoms with Gasteiger partial charge in [0, 0.05) is 25.8 Å². The molecule has 3 aromatic heterocycles. The van der Waals surface area contributed by atoms with Gasteiger partial charge in [-0.05, 0) is 31.0 Å². The maximum Gasteiger partial charge on any atom is 0.233 e. The number of halogens is 1. The number of fused-ring (bicyclic) bond motifs is 1. The highest BCUT2D eigenvalue weighted by atomic mass is 19.1. The molecule has 27 heavy (non-hydrogen) atoms. The fraction of sp³-hybridized carbons (Fsp3) is 0.333. The Morgan fingerprint density at radius 3 is 2.78 bits per heavy atom. The third kappa shape index (κ3) is 3.21. The van der Waals surface area contributed by atoms with E-state index in [0.717, 1.165) is 23.0 Å². The molecule has 3 aromatic rings. The van der Waals surface area contributed by atoms with E-state index in [1.54, 1.807) is 0 Å². The van der Waals surface area contributed by atoms with Crippen molar-refractivity contribution in [3.63, 3.8) is 0 Å². The van der Waals surface area contributed by atoms with Crippen LogP contribution in [0.2, 0.25) is 0 Å². The zero-order valence-corrected chi connectivity index (χ0v) is 14.7. The molecule has 0 saturated carbocycles. The van der Waals surface area contributed by atoms with E-state index >= 15 is 0 Å². The highest BCUT2D eigenvalue weighted by molar-refractivity contribution is 5.95. The number of pyridine rings is 1. The molecule has 0 unspecified atom stereocenters. The van der Waals surface area contributed by atoms with Crippen LogP contribution in [0.1, 0.15) is 12.8 Å². The van der Waals surface area contributed by atoms with E-state index in [1.807, 2.05) is 12.3 Å². The van der Waals surface area contributed by atoms with Crippen LogP contribution in [0.15, 0.2) is 36.9 Å². The first-order chi connectivity index (χ1) is 13.1. The van der Waals surface area contributed by atoms with E-state index < -0.39 is 11.2 Å². The first kappa shape index (κ1) is 17.3. The number of nitrogens with zero attached hydrogens (tertiary/aromatic N) is 4. The zero-order valence-electron chi connectivity index (χ0n) is 14.7. The second kappa shape index (κ2) is 6.92. The number of carbonyl (C=O) groups is 1. The summed E-state index contributed by atoms with van der Waals surface area (Å²) in [6.45, 7) is 1.54. The normalized spacial score (nSPS) is 16.4.